The van der Waals surface area contributed by atoms with Crippen LogP contribution in [0.2, 0.25) is 5.02 Å². The maximum absolute atomic E-state index is 12.2. The van der Waals surface area contributed by atoms with Gasteiger partial charge in [-0.25, -0.2) is 0 Å². The number of amides is 2. The number of benzene rings is 2. The zero-order valence-corrected chi connectivity index (χ0v) is 14.5. The molecule has 0 fully saturated rings. The molecule has 0 radical (unpaired) electrons. The fourth-order valence-electron chi connectivity index (χ4n) is 2.51. The Hall–Kier alpha value is -2.79. The summed E-state index contributed by atoms with van der Waals surface area (Å²) in [6, 6.07) is 14.4. The van der Waals surface area contributed by atoms with Crippen LogP contribution in [0.1, 0.15) is 26.4 Å². The predicted molar refractivity (Wildman–Crippen MR) is 99.2 cm³/mol. The fraction of sp³-hybridized carbons (Fsp3) is 0.158. The number of rotatable bonds is 5. The van der Waals surface area contributed by atoms with Crippen LogP contribution < -0.4 is 10.6 Å². The van der Waals surface area contributed by atoms with Crippen LogP contribution in [0.5, 0.6) is 0 Å². The van der Waals surface area contributed by atoms with Crippen LogP contribution in [-0.2, 0) is 0 Å². The second-order valence-electron chi connectivity index (χ2n) is 5.79. The van der Waals surface area contributed by atoms with E-state index in [1.165, 1.54) is 0 Å². The molecule has 1 aromatic heterocycles. The van der Waals surface area contributed by atoms with Gasteiger partial charge in [-0.2, -0.15) is 0 Å². The van der Waals surface area contributed by atoms with Crippen LogP contribution in [-0.4, -0.2) is 29.9 Å². The van der Waals surface area contributed by atoms with Gasteiger partial charge in [0.2, 0.25) is 0 Å². The van der Waals surface area contributed by atoms with Gasteiger partial charge in [-0.05, 0) is 48.9 Å². The van der Waals surface area contributed by atoms with Gasteiger partial charge < -0.3 is 15.6 Å². The van der Waals surface area contributed by atoms with Crippen molar-refractivity contribution in [2.45, 2.75) is 6.92 Å². The summed E-state index contributed by atoms with van der Waals surface area (Å²) < 4.78 is 0. The Morgan fingerprint density at radius 3 is 2.36 bits per heavy atom. The number of hydrogen-bond donors (Lipinski definition) is 3. The number of halogens is 1. The molecule has 0 aliphatic carbocycles. The third-order valence-electron chi connectivity index (χ3n) is 3.83. The van der Waals surface area contributed by atoms with Gasteiger partial charge in [-0.1, -0.05) is 23.7 Å². The molecule has 0 atom stereocenters. The standard InChI is InChI=1S/C19H18ClN3O2/c1-12-2-3-14-11-17(23-16(14)10-12)19(25)22-9-8-21-18(24)13-4-6-15(20)7-5-13/h2-7,10-11,23H,8-9H2,1H3,(H,21,24)(H,22,25). The highest BCUT2D eigenvalue weighted by Gasteiger charge is 2.09. The van der Waals surface area contributed by atoms with Gasteiger partial charge in [0.1, 0.15) is 5.69 Å². The molecule has 25 heavy (non-hydrogen) atoms. The van der Waals surface area contributed by atoms with Crippen molar-refractivity contribution in [3.63, 3.8) is 0 Å². The molecule has 0 aliphatic rings. The molecule has 3 N–H and O–H groups in total. The van der Waals surface area contributed by atoms with Crippen LogP contribution >= 0.6 is 11.6 Å². The van der Waals surface area contributed by atoms with Crippen molar-refractivity contribution in [2.75, 3.05) is 13.1 Å². The summed E-state index contributed by atoms with van der Waals surface area (Å²) in [6.07, 6.45) is 0. The van der Waals surface area contributed by atoms with Gasteiger partial charge in [-0.3, -0.25) is 9.59 Å². The van der Waals surface area contributed by atoms with Crippen molar-refractivity contribution in [1.29, 1.82) is 0 Å². The molecule has 2 amide bonds. The van der Waals surface area contributed by atoms with E-state index >= 15 is 0 Å². The Morgan fingerprint density at radius 2 is 1.64 bits per heavy atom. The molecule has 0 aliphatic heterocycles. The number of fused-ring (bicyclic) bond motifs is 1. The minimum atomic E-state index is -0.202. The number of aromatic amines is 1. The smallest absolute Gasteiger partial charge is 0.267 e. The summed E-state index contributed by atoms with van der Waals surface area (Å²) >= 11 is 5.79. The molecular formula is C19H18ClN3O2. The third kappa shape index (κ3) is 4.19. The Bertz CT molecular complexity index is 916. The highest BCUT2D eigenvalue weighted by atomic mass is 35.5. The van der Waals surface area contributed by atoms with Gasteiger partial charge in [-0.15, -0.1) is 0 Å². The SMILES string of the molecule is Cc1ccc2cc(C(=O)NCCNC(=O)c3ccc(Cl)cc3)[nH]c2c1. The number of carbonyl (C=O) groups excluding carboxylic acids is 2. The van der Waals surface area contributed by atoms with E-state index in [-0.39, 0.29) is 11.8 Å². The van der Waals surface area contributed by atoms with Crippen molar-refractivity contribution < 1.29 is 9.59 Å². The summed E-state index contributed by atoms with van der Waals surface area (Å²) in [5.41, 5.74) is 3.10. The fourth-order valence-corrected chi connectivity index (χ4v) is 2.64. The number of aromatic nitrogens is 1. The quantitative estimate of drug-likeness (QED) is 0.614. The zero-order chi connectivity index (χ0) is 17.8. The van der Waals surface area contributed by atoms with E-state index in [9.17, 15) is 9.59 Å². The van der Waals surface area contributed by atoms with Crippen molar-refractivity contribution >= 4 is 34.3 Å². The van der Waals surface area contributed by atoms with Crippen LogP contribution in [0.4, 0.5) is 0 Å². The molecule has 3 rings (SSSR count). The van der Waals surface area contributed by atoms with E-state index in [0.717, 1.165) is 16.5 Å². The molecule has 128 valence electrons. The number of carbonyl (C=O) groups is 2. The van der Waals surface area contributed by atoms with E-state index in [0.29, 0.717) is 29.4 Å². The van der Waals surface area contributed by atoms with Crippen molar-refractivity contribution in [3.8, 4) is 0 Å². The van der Waals surface area contributed by atoms with Gasteiger partial charge in [0.05, 0.1) is 0 Å². The Balaban J connectivity index is 1.50. The number of nitrogens with one attached hydrogen (secondary N) is 3. The van der Waals surface area contributed by atoms with Crippen LogP contribution in [0.3, 0.4) is 0 Å². The minimum absolute atomic E-state index is 0.199. The van der Waals surface area contributed by atoms with Crippen LogP contribution in [0, 0.1) is 6.92 Å². The van der Waals surface area contributed by atoms with E-state index in [1.54, 1.807) is 24.3 Å². The topological polar surface area (TPSA) is 74.0 Å². The number of H-pyrrole nitrogens is 1. The summed E-state index contributed by atoms with van der Waals surface area (Å²) in [5.74, 6) is -0.401. The lowest BCUT2D eigenvalue weighted by molar-refractivity contribution is 0.0925. The molecule has 0 bridgehead atoms. The molecule has 0 saturated carbocycles. The second-order valence-corrected chi connectivity index (χ2v) is 6.23. The van der Waals surface area contributed by atoms with Crippen molar-refractivity contribution in [1.82, 2.24) is 15.6 Å². The number of hydrogen-bond acceptors (Lipinski definition) is 2. The normalized spacial score (nSPS) is 10.6. The van der Waals surface area contributed by atoms with E-state index in [4.69, 9.17) is 11.6 Å². The Morgan fingerprint density at radius 1 is 0.960 bits per heavy atom. The second kappa shape index (κ2) is 7.40. The highest BCUT2D eigenvalue weighted by molar-refractivity contribution is 6.30. The maximum Gasteiger partial charge on any atom is 0.267 e. The zero-order valence-electron chi connectivity index (χ0n) is 13.7. The highest BCUT2D eigenvalue weighted by Crippen LogP contribution is 2.16. The molecule has 0 spiro atoms. The van der Waals surface area contributed by atoms with E-state index in [2.05, 4.69) is 15.6 Å². The first-order chi connectivity index (χ1) is 12.0. The lowest BCUT2D eigenvalue weighted by Gasteiger charge is -2.06. The molecule has 5 nitrogen and oxygen atoms in total. The number of aryl methyl sites for hydroxylation is 1. The lowest BCUT2D eigenvalue weighted by Crippen LogP contribution is -2.34. The summed E-state index contributed by atoms with van der Waals surface area (Å²) in [4.78, 5) is 27.2. The minimum Gasteiger partial charge on any atom is -0.351 e. The maximum atomic E-state index is 12.2. The van der Waals surface area contributed by atoms with Crippen LogP contribution in [0.25, 0.3) is 10.9 Å². The first-order valence-electron chi connectivity index (χ1n) is 7.94. The molecule has 6 heteroatoms. The Labute approximate surface area is 150 Å². The van der Waals surface area contributed by atoms with Crippen molar-refractivity contribution in [2.24, 2.45) is 0 Å². The monoisotopic (exact) mass is 355 g/mol. The van der Waals surface area contributed by atoms with E-state index in [1.807, 2.05) is 31.2 Å². The third-order valence-corrected chi connectivity index (χ3v) is 4.08. The predicted octanol–water partition coefficient (Wildman–Crippen LogP) is 3.29. The molecule has 3 aromatic rings. The van der Waals surface area contributed by atoms with Gasteiger partial charge in [0.25, 0.3) is 11.8 Å². The largest absolute Gasteiger partial charge is 0.351 e. The average molecular weight is 356 g/mol. The molecule has 1 heterocycles. The summed E-state index contributed by atoms with van der Waals surface area (Å²) in [5, 5.41) is 7.11. The van der Waals surface area contributed by atoms with Gasteiger partial charge >= 0.3 is 0 Å². The summed E-state index contributed by atoms with van der Waals surface area (Å²) in [7, 11) is 0. The first-order valence-corrected chi connectivity index (χ1v) is 8.32. The van der Waals surface area contributed by atoms with Crippen LogP contribution in [0.15, 0.2) is 48.5 Å². The molecular weight excluding hydrogens is 338 g/mol. The Kier molecular flexibility index (Phi) is 5.05. The molecule has 2 aromatic carbocycles. The lowest BCUT2D eigenvalue weighted by atomic mass is 10.2. The van der Waals surface area contributed by atoms with Gasteiger partial charge in [0.15, 0.2) is 0 Å². The summed E-state index contributed by atoms with van der Waals surface area (Å²) in [6.45, 7) is 2.68. The van der Waals surface area contributed by atoms with Crippen molar-refractivity contribution in [3.05, 3.63) is 70.4 Å². The first kappa shape index (κ1) is 17.0. The van der Waals surface area contributed by atoms with E-state index < -0.39 is 0 Å². The molecule has 0 unspecified atom stereocenters. The van der Waals surface area contributed by atoms with Gasteiger partial charge in [0, 0.05) is 34.6 Å². The average Bonchev–Trinajstić information content (AvgIpc) is 3.02. The molecule has 0 saturated heterocycles.